The van der Waals surface area contributed by atoms with Crippen molar-refractivity contribution in [3.63, 3.8) is 0 Å². The van der Waals surface area contributed by atoms with Crippen molar-refractivity contribution in [2.24, 2.45) is 5.73 Å². The van der Waals surface area contributed by atoms with Crippen LogP contribution in [0.25, 0.3) is 0 Å². The Labute approximate surface area is 133 Å². The number of hydrogen-bond acceptors (Lipinski definition) is 3. The van der Waals surface area contributed by atoms with Crippen LogP contribution in [0, 0.1) is 6.92 Å². The summed E-state index contributed by atoms with van der Waals surface area (Å²) >= 11 is 0. The quantitative estimate of drug-likeness (QED) is 0.848. The highest BCUT2D eigenvalue weighted by molar-refractivity contribution is 5.39. The van der Waals surface area contributed by atoms with E-state index >= 15 is 0 Å². The molecule has 0 fully saturated rings. The molecule has 0 bridgehead atoms. The minimum absolute atomic E-state index is 0.293. The molecule has 1 unspecified atom stereocenters. The first kappa shape index (κ1) is 16.4. The van der Waals surface area contributed by atoms with Gasteiger partial charge in [0, 0.05) is 5.92 Å². The molecule has 0 heterocycles. The summed E-state index contributed by atoms with van der Waals surface area (Å²) in [4.78, 5) is 0. The Morgan fingerprint density at radius 2 is 1.95 bits per heavy atom. The first-order valence-electron chi connectivity index (χ1n) is 7.74. The second kappa shape index (κ2) is 7.85. The zero-order chi connectivity index (χ0) is 15.9. The molecule has 0 aliphatic heterocycles. The summed E-state index contributed by atoms with van der Waals surface area (Å²) < 4.78 is 10.9. The van der Waals surface area contributed by atoms with Crippen LogP contribution in [0.15, 0.2) is 42.5 Å². The van der Waals surface area contributed by atoms with Gasteiger partial charge >= 0.3 is 0 Å². The van der Waals surface area contributed by atoms with Crippen LogP contribution < -0.4 is 15.2 Å². The first-order valence-corrected chi connectivity index (χ1v) is 7.74. The molecule has 3 heteroatoms. The molecule has 3 nitrogen and oxygen atoms in total. The lowest BCUT2D eigenvalue weighted by molar-refractivity contribution is 0.337. The van der Waals surface area contributed by atoms with Crippen LogP contribution >= 0.6 is 0 Å². The molecule has 0 saturated carbocycles. The second-order valence-corrected chi connectivity index (χ2v) is 5.45. The van der Waals surface area contributed by atoms with Crippen LogP contribution in [-0.2, 0) is 6.42 Å². The van der Waals surface area contributed by atoms with E-state index < -0.39 is 0 Å². The van der Waals surface area contributed by atoms with Gasteiger partial charge in [-0.3, -0.25) is 0 Å². The van der Waals surface area contributed by atoms with Gasteiger partial charge in [-0.25, -0.2) is 0 Å². The Kier molecular flexibility index (Phi) is 5.84. The van der Waals surface area contributed by atoms with Crippen molar-refractivity contribution in [2.75, 3.05) is 20.3 Å². The zero-order valence-electron chi connectivity index (χ0n) is 13.6. The van der Waals surface area contributed by atoms with E-state index in [1.165, 1.54) is 11.1 Å². The summed E-state index contributed by atoms with van der Waals surface area (Å²) in [5.74, 6) is 2.13. The third kappa shape index (κ3) is 4.01. The summed E-state index contributed by atoms with van der Waals surface area (Å²) in [6.07, 6.45) is 0.904. The summed E-state index contributed by atoms with van der Waals surface area (Å²) in [5, 5.41) is 0. The van der Waals surface area contributed by atoms with Gasteiger partial charge in [-0.05, 0) is 61.7 Å². The lowest BCUT2D eigenvalue weighted by Crippen LogP contribution is -2.15. The lowest BCUT2D eigenvalue weighted by atomic mass is 9.91. The third-order valence-electron chi connectivity index (χ3n) is 3.87. The molecule has 1 atom stereocenters. The van der Waals surface area contributed by atoms with Gasteiger partial charge in [-0.2, -0.15) is 0 Å². The van der Waals surface area contributed by atoms with Crippen LogP contribution in [0.3, 0.4) is 0 Å². The van der Waals surface area contributed by atoms with Gasteiger partial charge in [0.25, 0.3) is 0 Å². The van der Waals surface area contributed by atoms with Gasteiger partial charge in [-0.15, -0.1) is 0 Å². The van der Waals surface area contributed by atoms with Gasteiger partial charge in [0.05, 0.1) is 13.7 Å². The van der Waals surface area contributed by atoms with Crippen molar-refractivity contribution in [3.05, 3.63) is 59.2 Å². The smallest absolute Gasteiger partial charge is 0.122 e. The normalized spacial score (nSPS) is 12.0. The fourth-order valence-electron chi connectivity index (χ4n) is 2.67. The SMILES string of the molecule is CCOc1ccc(C(CN)Cc2cccc(OC)c2)cc1C. The van der Waals surface area contributed by atoms with E-state index in [9.17, 15) is 0 Å². The van der Waals surface area contributed by atoms with Crippen molar-refractivity contribution in [1.29, 1.82) is 0 Å². The van der Waals surface area contributed by atoms with E-state index in [2.05, 4.69) is 31.2 Å². The predicted molar refractivity (Wildman–Crippen MR) is 90.8 cm³/mol. The van der Waals surface area contributed by atoms with Crippen molar-refractivity contribution in [1.82, 2.24) is 0 Å². The minimum Gasteiger partial charge on any atom is -0.497 e. The van der Waals surface area contributed by atoms with Gasteiger partial charge < -0.3 is 15.2 Å². The Hall–Kier alpha value is -2.00. The lowest BCUT2D eigenvalue weighted by Gasteiger charge is -2.18. The summed E-state index contributed by atoms with van der Waals surface area (Å²) in [6.45, 7) is 5.38. The highest BCUT2D eigenvalue weighted by atomic mass is 16.5. The molecular formula is C19H25NO2. The number of ether oxygens (including phenoxy) is 2. The summed E-state index contributed by atoms with van der Waals surface area (Å²) in [5.41, 5.74) is 9.66. The van der Waals surface area contributed by atoms with E-state index in [0.29, 0.717) is 19.1 Å². The first-order chi connectivity index (χ1) is 10.7. The number of benzene rings is 2. The van der Waals surface area contributed by atoms with Gasteiger partial charge in [0.1, 0.15) is 11.5 Å². The van der Waals surface area contributed by atoms with Gasteiger partial charge in [0.2, 0.25) is 0 Å². The zero-order valence-corrected chi connectivity index (χ0v) is 13.6. The number of hydrogen-bond donors (Lipinski definition) is 1. The molecule has 0 aliphatic rings. The number of methoxy groups -OCH3 is 1. The number of nitrogens with two attached hydrogens (primary N) is 1. The topological polar surface area (TPSA) is 44.5 Å². The molecule has 0 aliphatic carbocycles. The Bertz CT molecular complexity index is 610. The molecule has 22 heavy (non-hydrogen) atoms. The number of rotatable bonds is 7. The average Bonchev–Trinajstić information content (AvgIpc) is 2.55. The maximum absolute atomic E-state index is 6.01. The molecule has 0 aromatic heterocycles. The van der Waals surface area contributed by atoms with Crippen molar-refractivity contribution >= 4 is 0 Å². The van der Waals surface area contributed by atoms with Crippen molar-refractivity contribution < 1.29 is 9.47 Å². The predicted octanol–water partition coefficient (Wildman–Crippen LogP) is 3.69. The maximum Gasteiger partial charge on any atom is 0.122 e. The van der Waals surface area contributed by atoms with E-state index in [0.717, 1.165) is 23.5 Å². The minimum atomic E-state index is 0.293. The summed E-state index contributed by atoms with van der Waals surface area (Å²) in [7, 11) is 1.69. The maximum atomic E-state index is 6.01. The molecule has 2 aromatic rings. The number of aryl methyl sites for hydroxylation is 1. The third-order valence-corrected chi connectivity index (χ3v) is 3.87. The fraction of sp³-hybridized carbons (Fsp3) is 0.368. The standard InChI is InChI=1S/C19H25NO2/c1-4-22-19-9-8-16(10-14(19)2)17(13-20)11-15-6-5-7-18(12-15)21-3/h5-10,12,17H,4,11,13,20H2,1-3H3. The summed E-state index contributed by atoms with van der Waals surface area (Å²) in [6, 6.07) is 14.5. The highest BCUT2D eigenvalue weighted by Gasteiger charge is 2.13. The molecule has 0 amide bonds. The molecule has 2 N–H and O–H groups in total. The van der Waals surface area contributed by atoms with E-state index in [4.69, 9.17) is 15.2 Å². The Morgan fingerprint density at radius 1 is 1.14 bits per heavy atom. The van der Waals surface area contributed by atoms with Gasteiger partial charge in [0.15, 0.2) is 0 Å². The molecule has 0 spiro atoms. The monoisotopic (exact) mass is 299 g/mol. The molecule has 118 valence electrons. The molecule has 2 rings (SSSR count). The van der Waals surface area contributed by atoms with Crippen molar-refractivity contribution in [2.45, 2.75) is 26.2 Å². The van der Waals surface area contributed by atoms with E-state index in [-0.39, 0.29) is 0 Å². The highest BCUT2D eigenvalue weighted by Crippen LogP contribution is 2.27. The fourth-order valence-corrected chi connectivity index (χ4v) is 2.67. The molecule has 0 radical (unpaired) electrons. The van der Waals surface area contributed by atoms with Crippen LogP contribution in [0.4, 0.5) is 0 Å². The largest absolute Gasteiger partial charge is 0.497 e. The average molecular weight is 299 g/mol. The van der Waals surface area contributed by atoms with Crippen LogP contribution in [0.2, 0.25) is 0 Å². The van der Waals surface area contributed by atoms with E-state index in [1.807, 2.05) is 25.1 Å². The molecule has 0 saturated heterocycles. The molecule has 2 aromatic carbocycles. The molecular weight excluding hydrogens is 274 g/mol. The Morgan fingerprint density at radius 3 is 2.59 bits per heavy atom. The van der Waals surface area contributed by atoms with Crippen LogP contribution in [0.5, 0.6) is 11.5 Å². The van der Waals surface area contributed by atoms with E-state index in [1.54, 1.807) is 7.11 Å². The van der Waals surface area contributed by atoms with Crippen LogP contribution in [0.1, 0.15) is 29.5 Å². The van der Waals surface area contributed by atoms with Gasteiger partial charge in [-0.1, -0.05) is 24.3 Å². The Balaban J connectivity index is 2.18. The van der Waals surface area contributed by atoms with Crippen molar-refractivity contribution in [3.8, 4) is 11.5 Å². The van der Waals surface area contributed by atoms with Crippen LogP contribution in [-0.4, -0.2) is 20.3 Å². The second-order valence-electron chi connectivity index (χ2n) is 5.45.